The molecule has 0 heterocycles. The highest BCUT2D eigenvalue weighted by Crippen LogP contribution is 2.29. The van der Waals surface area contributed by atoms with Gasteiger partial charge in [-0.05, 0) is 44.4 Å². The molecule has 0 saturated heterocycles. The number of amides is 1. The van der Waals surface area contributed by atoms with Gasteiger partial charge < -0.3 is 15.2 Å². The fourth-order valence-electron chi connectivity index (χ4n) is 1.87. The number of carbonyl (C=O) groups is 1. The second kappa shape index (κ2) is 6.06. The first-order valence-electron chi connectivity index (χ1n) is 6.78. The van der Waals surface area contributed by atoms with Gasteiger partial charge in [0.15, 0.2) is 0 Å². The van der Waals surface area contributed by atoms with E-state index in [2.05, 4.69) is 5.32 Å². The molecule has 1 atom stereocenters. The lowest BCUT2D eigenvalue weighted by molar-refractivity contribution is -0.122. The number of ether oxygens (including phenoxy) is 1. The molecule has 4 nitrogen and oxygen atoms in total. The van der Waals surface area contributed by atoms with Crippen LogP contribution in [0.2, 0.25) is 0 Å². The Morgan fingerprint density at radius 2 is 2.21 bits per heavy atom. The molecule has 0 aliphatic heterocycles. The Morgan fingerprint density at radius 1 is 1.47 bits per heavy atom. The molecular formula is C15H21NO3. The summed E-state index contributed by atoms with van der Waals surface area (Å²) in [7, 11) is 0. The molecule has 0 spiro atoms. The number of aliphatic hydroxyl groups excluding tert-OH is 1. The summed E-state index contributed by atoms with van der Waals surface area (Å²) in [4.78, 5) is 11.5. The summed E-state index contributed by atoms with van der Waals surface area (Å²) in [5.74, 6) is 0.955. The van der Waals surface area contributed by atoms with E-state index in [1.54, 1.807) is 0 Å². The molecule has 2 N–H and O–H groups in total. The van der Waals surface area contributed by atoms with E-state index in [0.717, 1.165) is 24.2 Å². The minimum absolute atomic E-state index is 0.0497. The maximum Gasteiger partial charge on any atom is 0.223 e. The number of rotatable bonds is 6. The minimum Gasteiger partial charge on any atom is -0.491 e. The standard InChI is InChI=1S/C15H21NO3/c1-10(2)19-13-5-3-4-12(8-13)14(17)9-16-15(18)11-6-7-11/h3-5,8,10-11,14,17H,6-7,9H2,1-2H3,(H,16,18). The number of hydrogen-bond acceptors (Lipinski definition) is 3. The smallest absolute Gasteiger partial charge is 0.223 e. The van der Waals surface area contributed by atoms with Crippen LogP contribution in [0.4, 0.5) is 0 Å². The summed E-state index contributed by atoms with van der Waals surface area (Å²) in [5.41, 5.74) is 0.759. The minimum atomic E-state index is -0.696. The van der Waals surface area contributed by atoms with Gasteiger partial charge in [0.2, 0.25) is 5.91 Å². The quantitative estimate of drug-likeness (QED) is 0.825. The van der Waals surface area contributed by atoms with Crippen LogP contribution in [0.3, 0.4) is 0 Å². The van der Waals surface area contributed by atoms with Crippen molar-refractivity contribution in [2.45, 2.75) is 38.9 Å². The first kappa shape index (κ1) is 13.9. The van der Waals surface area contributed by atoms with Crippen molar-refractivity contribution < 1.29 is 14.6 Å². The number of carbonyl (C=O) groups excluding carboxylic acids is 1. The van der Waals surface area contributed by atoms with Crippen LogP contribution in [-0.2, 0) is 4.79 Å². The second-order valence-electron chi connectivity index (χ2n) is 5.27. The largest absolute Gasteiger partial charge is 0.491 e. The molecule has 0 radical (unpaired) electrons. The Kier molecular flexibility index (Phi) is 4.43. The van der Waals surface area contributed by atoms with Crippen LogP contribution >= 0.6 is 0 Å². The first-order chi connectivity index (χ1) is 9.06. The van der Waals surface area contributed by atoms with Gasteiger partial charge in [-0.2, -0.15) is 0 Å². The van der Waals surface area contributed by atoms with Crippen LogP contribution in [0.5, 0.6) is 5.75 Å². The molecule has 1 fully saturated rings. The van der Waals surface area contributed by atoms with Crippen LogP contribution in [0.1, 0.15) is 38.4 Å². The summed E-state index contributed by atoms with van der Waals surface area (Å²) in [6.45, 7) is 4.17. The summed E-state index contributed by atoms with van der Waals surface area (Å²) in [6, 6.07) is 7.35. The fraction of sp³-hybridized carbons (Fsp3) is 0.533. The lowest BCUT2D eigenvalue weighted by Gasteiger charge is -2.15. The Balaban J connectivity index is 1.90. The molecule has 1 aliphatic carbocycles. The van der Waals surface area contributed by atoms with E-state index in [4.69, 9.17) is 4.74 Å². The van der Waals surface area contributed by atoms with Crippen molar-refractivity contribution in [3.63, 3.8) is 0 Å². The zero-order valence-electron chi connectivity index (χ0n) is 11.4. The topological polar surface area (TPSA) is 58.6 Å². The second-order valence-corrected chi connectivity index (χ2v) is 5.27. The van der Waals surface area contributed by atoms with E-state index in [-0.39, 0.29) is 24.5 Å². The summed E-state index contributed by atoms with van der Waals surface area (Å²) in [5, 5.41) is 12.8. The van der Waals surface area contributed by atoms with Crippen LogP contribution in [-0.4, -0.2) is 23.7 Å². The van der Waals surface area contributed by atoms with E-state index in [0.29, 0.717) is 0 Å². The SMILES string of the molecule is CC(C)Oc1cccc(C(O)CNC(=O)C2CC2)c1. The van der Waals surface area contributed by atoms with Gasteiger partial charge in [0, 0.05) is 12.5 Å². The van der Waals surface area contributed by atoms with Crippen molar-refractivity contribution in [3.05, 3.63) is 29.8 Å². The number of benzene rings is 1. The maximum absolute atomic E-state index is 11.5. The highest BCUT2D eigenvalue weighted by Gasteiger charge is 2.29. The van der Waals surface area contributed by atoms with Crippen molar-refractivity contribution in [1.82, 2.24) is 5.32 Å². The fourth-order valence-corrected chi connectivity index (χ4v) is 1.87. The first-order valence-corrected chi connectivity index (χ1v) is 6.78. The molecule has 1 aromatic rings. The average Bonchev–Trinajstić information content (AvgIpc) is 3.19. The van der Waals surface area contributed by atoms with E-state index < -0.39 is 6.10 Å². The van der Waals surface area contributed by atoms with Gasteiger partial charge in [-0.3, -0.25) is 4.79 Å². The molecule has 1 aliphatic rings. The van der Waals surface area contributed by atoms with E-state index >= 15 is 0 Å². The van der Waals surface area contributed by atoms with Gasteiger partial charge in [-0.15, -0.1) is 0 Å². The summed E-state index contributed by atoms with van der Waals surface area (Å²) < 4.78 is 5.58. The monoisotopic (exact) mass is 263 g/mol. The van der Waals surface area contributed by atoms with Crippen LogP contribution < -0.4 is 10.1 Å². The van der Waals surface area contributed by atoms with E-state index in [1.807, 2.05) is 38.1 Å². The van der Waals surface area contributed by atoms with Crippen molar-refractivity contribution in [2.75, 3.05) is 6.54 Å². The molecular weight excluding hydrogens is 242 g/mol. The summed E-state index contributed by atoms with van der Waals surface area (Å²) in [6.07, 6.45) is 1.35. The molecule has 0 aromatic heterocycles. The van der Waals surface area contributed by atoms with Gasteiger partial charge in [-0.1, -0.05) is 12.1 Å². The molecule has 4 heteroatoms. The van der Waals surface area contributed by atoms with E-state index in [1.165, 1.54) is 0 Å². The molecule has 1 aromatic carbocycles. The van der Waals surface area contributed by atoms with Gasteiger partial charge >= 0.3 is 0 Å². The van der Waals surface area contributed by atoms with Crippen LogP contribution in [0, 0.1) is 5.92 Å². The van der Waals surface area contributed by atoms with Crippen molar-refractivity contribution in [2.24, 2.45) is 5.92 Å². The molecule has 1 amide bonds. The number of aliphatic hydroxyl groups is 1. The third-order valence-corrected chi connectivity index (χ3v) is 3.03. The third-order valence-electron chi connectivity index (χ3n) is 3.03. The van der Waals surface area contributed by atoms with Gasteiger partial charge in [0.05, 0.1) is 12.2 Å². The van der Waals surface area contributed by atoms with Gasteiger partial charge in [0.1, 0.15) is 5.75 Å². The maximum atomic E-state index is 11.5. The molecule has 104 valence electrons. The molecule has 0 bridgehead atoms. The predicted molar refractivity (Wildman–Crippen MR) is 72.9 cm³/mol. The highest BCUT2D eigenvalue weighted by molar-refractivity contribution is 5.80. The Morgan fingerprint density at radius 3 is 2.84 bits per heavy atom. The van der Waals surface area contributed by atoms with Crippen LogP contribution in [0.15, 0.2) is 24.3 Å². The molecule has 1 unspecified atom stereocenters. The highest BCUT2D eigenvalue weighted by atomic mass is 16.5. The lowest BCUT2D eigenvalue weighted by Crippen LogP contribution is -2.29. The normalized spacial score (nSPS) is 16.2. The van der Waals surface area contributed by atoms with Gasteiger partial charge in [0.25, 0.3) is 0 Å². The predicted octanol–water partition coefficient (Wildman–Crippen LogP) is 2.03. The Bertz CT molecular complexity index is 441. The summed E-state index contributed by atoms with van der Waals surface area (Å²) >= 11 is 0. The van der Waals surface area contributed by atoms with Crippen molar-refractivity contribution in [3.8, 4) is 5.75 Å². The van der Waals surface area contributed by atoms with Crippen LogP contribution in [0.25, 0.3) is 0 Å². The van der Waals surface area contributed by atoms with Gasteiger partial charge in [-0.25, -0.2) is 0 Å². The van der Waals surface area contributed by atoms with E-state index in [9.17, 15) is 9.90 Å². The Labute approximate surface area is 113 Å². The average molecular weight is 263 g/mol. The van der Waals surface area contributed by atoms with Crippen molar-refractivity contribution >= 4 is 5.91 Å². The zero-order chi connectivity index (χ0) is 13.8. The third kappa shape index (κ3) is 4.24. The lowest BCUT2D eigenvalue weighted by atomic mass is 10.1. The molecule has 2 rings (SSSR count). The Hall–Kier alpha value is -1.55. The number of hydrogen-bond donors (Lipinski definition) is 2. The molecule has 1 saturated carbocycles. The number of nitrogens with one attached hydrogen (secondary N) is 1. The molecule has 19 heavy (non-hydrogen) atoms. The zero-order valence-corrected chi connectivity index (χ0v) is 11.4. The van der Waals surface area contributed by atoms with Crippen molar-refractivity contribution in [1.29, 1.82) is 0 Å².